The van der Waals surface area contributed by atoms with Gasteiger partial charge in [0.05, 0.1) is 35.5 Å². The van der Waals surface area contributed by atoms with Crippen LogP contribution in [-0.4, -0.2) is 18.8 Å². The normalized spacial score (nSPS) is 16.0. The summed E-state index contributed by atoms with van der Waals surface area (Å²) in [5, 5.41) is 1.09. The van der Waals surface area contributed by atoms with Crippen LogP contribution in [0.25, 0.3) is 23.1 Å². The van der Waals surface area contributed by atoms with Crippen LogP contribution >= 0.6 is 34.5 Å². The molecule has 7 rings (SSSR count). The summed E-state index contributed by atoms with van der Waals surface area (Å²) in [6.07, 6.45) is 3.43. The Bertz CT molecular complexity index is 2090. The fraction of sp³-hybridized carbons (Fsp3) is 0.152. The first-order chi connectivity index (χ1) is 20.4. The number of fused-ring (bicyclic) bond motifs is 3. The molecule has 210 valence electrons. The summed E-state index contributed by atoms with van der Waals surface area (Å²) in [6.45, 7) is 0. The maximum Gasteiger partial charge on any atom is 0.271 e. The van der Waals surface area contributed by atoms with E-state index in [1.54, 1.807) is 43.1 Å². The highest BCUT2D eigenvalue weighted by molar-refractivity contribution is 7.07. The summed E-state index contributed by atoms with van der Waals surface area (Å²) in [6, 6.07) is 22.7. The van der Waals surface area contributed by atoms with Gasteiger partial charge in [0, 0.05) is 22.2 Å². The molecule has 0 fully saturated rings. The highest BCUT2D eigenvalue weighted by Gasteiger charge is 2.33. The molecule has 3 aromatic carbocycles. The average Bonchev–Trinajstić information content (AvgIpc) is 3.60. The van der Waals surface area contributed by atoms with Crippen LogP contribution in [0.2, 0.25) is 10.0 Å². The maximum atomic E-state index is 14.1. The third-order valence-corrected chi connectivity index (χ3v) is 9.24. The van der Waals surface area contributed by atoms with Gasteiger partial charge in [0.2, 0.25) is 0 Å². The van der Waals surface area contributed by atoms with Crippen molar-refractivity contribution in [2.24, 2.45) is 4.99 Å². The molecule has 0 N–H and O–H groups in total. The summed E-state index contributed by atoms with van der Waals surface area (Å²) < 4.78 is 19.5. The van der Waals surface area contributed by atoms with E-state index >= 15 is 0 Å². The van der Waals surface area contributed by atoms with Crippen molar-refractivity contribution in [1.82, 2.24) is 4.57 Å². The Kier molecular flexibility index (Phi) is 6.81. The van der Waals surface area contributed by atoms with Crippen LogP contribution < -0.4 is 24.4 Å². The zero-order valence-corrected chi connectivity index (χ0v) is 25.0. The van der Waals surface area contributed by atoms with Crippen molar-refractivity contribution in [2.45, 2.75) is 18.9 Å². The summed E-state index contributed by atoms with van der Waals surface area (Å²) in [5.41, 5.74) is 5.88. The zero-order chi connectivity index (χ0) is 29.0. The number of furan rings is 1. The second-order valence-corrected chi connectivity index (χ2v) is 11.9. The first-order valence-electron chi connectivity index (χ1n) is 13.4. The number of nitrogens with zero attached hydrogens (tertiary/aromatic N) is 2. The number of thiazole rings is 1. The number of halogens is 2. The topological polar surface area (TPSA) is 66.0 Å². The Morgan fingerprint density at radius 2 is 1.79 bits per heavy atom. The molecule has 1 aliphatic heterocycles. The smallest absolute Gasteiger partial charge is 0.271 e. The molecule has 2 aromatic heterocycles. The van der Waals surface area contributed by atoms with Crippen molar-refractivity contribution in [3.8, 4) is 22.8 Å². The lowest BCUT2D eigenvalue weighted by molar-refractivity contribution is 0.354. The molecule has 9 heteroatoms. The summed E-state index contributed by atoms with van der Waals surface area (Å²) in [7, 11) is 3.22. The van der Waals surface area contributed by atoms with Crippen molar-refractivity contribution in [1.29, 1.82) is 0 Å². The minimum Gasteiger partial charge on any atom is -0.493 e. The summed E-state index contributed by atoms with van der Waals surface area (Å²) >= 11 is 13.9. The number of methoxy groups -OCH3 is 2. The van der Waals surface area contributed by atoms with Gasteiger partial charge in [-0.05, 0) is 72.0 Å². The Hall–Kier alpha value is -4.04. The van der Waals surface area contributed by atoms with E-state index < -0.39 is 0 Å². The van der Waals surface area contributed by atoms with Crippen molar-refractivity contribution < 1.29 is 13.9 Å². The highest BCUT2D eigenvalue weighted by Crippen LogP contribution is 2.43. The number of benzene rings is 3. The van der Waals surface area contributed by atoms with E-state index in [0.29, 0.717) is 48.0 Å². The van der Waals surface area contributed by atoms with Gasteiger partial charge in [0.15, 0.2) is 16.3 Å². The fourth-order valence-corrected chi connectivity index (χ4v) is 7.10. The quantitative estimate of drug-likeness (QED) is 0.216. The number of aryl methyl sites for hydroxylation is 1. The second kappa shape index (κ2) is 10.7. The van der Waals surface area contributed by atoms with Gasteiger partial charge < -0.3 is 13.9 Å². The van der Waals surface area contributed by atoms with Gasteiger partial charge in [-0.2, -0.15) is 0 Å². The van der Waals surface area contributed by atoms with Crippen LogP contribution in [0.15, 0.2) is 92.6 Å². The van der Waals surface area contributed by atoms with Gasteiger partial charge in [-0.25, -0.2) is 4.99 Å². The highest BCUT2D eigenvalue weighted by atomic mass is 35.5. The molecule has 0 spiro atoms. The molecule has 0 saturated carbocycles. The van der Waals surface area contributed by atoms with Gasteiger partial charge in [-0.1, -0.05) is 64.9 Å². The van der Waals surface area contributed by atoms with E-state index in [4.69, 9.17) is 42.1 Å². The Morgan fingerprint density at radius 3 is 2.62 bits per heavy atom. The summed E-state index contributed by atoms with van der Waals surface area (Å²) in [5.74, 6) is 2.33. The molecular formula is C33H24Cl2N2O4S. The minimum atomic E-state index is -0.344. The molecule has 1 unspecified atom stereocenters. The predicted molar refractivity (Wildman–Crippen MR) is 166 cm³/mol. The Balaban J connectivity index is 1.41. The molecule has 42 heavy (non-hydrogen) atoms. The van der Waals surface area contributed by atoms with E-state index in [2.05, 4.69) is 18.2 Å². The molecule has 0 amide bonds. The van der Waals surface area contributed by atoms with Crippen LogP contribution in [0.3, 0.4) is 0 Å². The van der Waals surface area contributed by atoms with Crippen LogP contribution in [-0.2, 0) is 6.42 Å². The van der Waals surface area contributed by atoms with Gasteiger partial charge in [-0.3, -0.25) is 9.36 Å². The van der Waals surface area contributed by atoms with E-state index in [-0.39, 0.29) is 11.6 Å². The third-order valence-electron chi connectivity index (χ3n) is 7.69. The second-order valence-electron chi connectivity index (χ2n) is 10.1. The zero-order valence-electron chi connectivity index (χ0n) is 22.7. The standard InChI is InChI=1S/C33H24Cl2N2O4S/c1-39-27-13-8-19(15-28(27)40-2)31-23-11-7-18-5-3-4-6-22(18)30(23)36-33-37(31)32(38)29(42-33)17-21-10-14-26(41-21)24-16-20(34)9-12-25(24)35/h3-6,8-10,12-17,31H,7,11H2,1-2H3/b29-17+. The molecule has 1 aliphatic carbocycles. The molecule has 6 nitrogen and oxygen atoms in total. The number of allylic oxidation sites excluding steroid dienone is 1. The average molecular weight is 616 g/mol. The predicted octanol–water partition coefficient (Wildman–Crippen LogP) is 6.90. The molecular weight excluding hydrogens is 591 g/mol. The van der Waals surface area contributed by atoms with E-state index in [9.17, 15) is 4.79 Å². The number of aromatic nitrogens is 1. The minimum absolute atomic E-state index is 0.136. The van der Waals surface area contributed by atoms with Gasteiger partial charge >= 0.3 is 0 Å². The fourth-order valence-electron chi connectivity index (χ4n) is 5.74. The van der Waals surface area contributed by atoms with Crippen LogP contribution in [0.4, 0.5) is 0 Å². The van der Waals surface area contributed by atoms with Gasteiger partial charge in [0.1, 0.15) is 11.5 Å². The van der Waals surface area contributed by atoms with Gasteiger partial charge in [-0.15, -0.1) is 0 Å². The van der Waals surface area contributed by atoms with Crippen molar-refractivity contribution in [2.75, 3.05) is 14.2 Å². The molecule has 5 aromatic rings. The van der Waals surface area contributed by atoms with Gasteiger partial charge in [0.25, 0.3) is 5.56 Å². The first-order valence-corrected chi connectivity index (χ1v) is 14.9. The Labute approximate surface area is 255 Å². The molecule has 0 radical (unpaired) electrons. The number of ether oxygens (including phenoxy) is 2. The number of hydrogen-bond acceptors (Lipinski definition) is 6. The maximum absolute atomic E-state index is 14.1. The molecule has 1 atom stereocenters. The summed E-state index contributed by atoms with van der Waals surface area (Å²) in [4.78, 5) is 19.8. The van der Waals surface area contributed by atoms with Crippen LogP contribution in [0, 0.1) is 0 Å². The molecule has 0 bridgehead atoms. The van der Waals surface area contributed by atoms with E-state index in [0.717, 1.165) is 35.2 Å². The monoisotopic (exact) mass is 614 g/mol. The molecule has 0 saturated heterocycles. The van der Waals surface area contributed by atoms with Crippen molar-refractivity contribution in [3.05, 3.63) is 131 Å². The van der Waals surface area contributed by atoms with E-state index in [1.807, 2.05) is 36.4 Å². The number of hydrogen-bond donors (Lipinski definition) is 0. The van der Waals surface area contributed by atoms with Crippen molar-refractivity contribution >= 4 is 46.3 Å². The lowest BCUT2D eigenvalue weighted by Crippen LogP contribution is -2.38. The first kappa shape index (κ1) is 26.8. The Morgan fingerprint density at radius 1 is 0.952 bits per heavy atom. The number of rotatable bonds is 5. The SMILES string of the molecule is COc1ccc(C2C3=C(N=c4s/c(=C/c5ccc(-c6cc(Cl)ccc6Cl)o5)c(=O)n42)c2ccccc2CC3)cc1OC. The third kappa shape index (κ3) is 4.49. The molecule has 2 aliphatic rings. The van der Waals surface area contributed by atoms with Crippen LogP contribution in [0.1, 0.15) is 34.9 Å². The van der Waals surface area contributed by atoms with Crippen LogP contribution in [0.5, 0.6) is 11.5 Å². The lowest BCUT2D eigenvalue weighted by Gasteiger charge is -2.31. The molecule has 3 heterocycles. The van der Waals surface area contributed by atoms with E-state index in [1.165, 1.54) is 16.9 Å². The largest absolute Gasteiger partial charge is 0.493 e. The van der Waals surface area contributed by atoms with Crippen molar-refractivity contribution in [3.63, 3.8) is 0 Å². The lowest BCUT2D eigenvalue weighted by atomic mass is 9.83.